The van der Waals surface area contributed by atoms with E-state index >= 15 is 0 Å². The highest BCUT2D eigenvalue weighted by Gasteiger charge is 2.42. The molecule has 1 aromatic rings. The molecule has 0 aromatic heterocycles. The Hall–Kier alpha value is 0.400. The van der Waals surface area contributed by atoms with Gasteiger partial charge < -0.3 is 0 Å². The van der Waals surface area contributed by atoms with Gasteiger partial charge in [0.2, 0.25) is 0 Å². The third kappa shape index (κ3) is 2.96. The summed E-state index contributed by atoms with van der Waals surface area (Å²) in [6, 6.07) is 6.68. The zero-order valence-corrected chi connectivity index (χ0v) is 16.9. The van der Waals surface area contributed by atoms with Crippen LogP contribution >= 0.6 is 47.8 Å². The number of hydrogen-bond donors (Lipinski definition) is 0. The van der Waals surface area contributed by atoms with Crippen LogP contribution in [0, 0.1) is 0 Å². The Morgan fingerprint density at radius 3 is 2.10 bits per heavy atom. The molecule has 1 aromatic carbocycles. The topological polar surface area (TPSA) is 0 Å². The number of allylic oxidation sites excluding steroid dienone is 1. The first-order chi connectivity index (χ1) is 9.56. The van der Waals surface area contributed by atoms with E-state index in [0.717, 1.165) is 0 Å². The van der Waals surface area contributed by atoms with Crippen molar-refractivity contribution in [3.05, 3.63) is 38.3 Å². The molecule has 1 aliphatic carbocycles. The molecule has 0 N–H and O–H groups in total. The summed E-state index contributed by atoms with van der Waals surface area (Å²) >= 11 is 11.4. The first kappa shape index (κ1) is 16.8. The molecule has 20 heavy (non-hydrogen) atoms. The molecule has 0 saturated heterocycles. The van der Waals surface area contributed by atoms with Gasteiger partial charge in [-0.25, -0.2) is 0 Å². The average Bonchev–Trinajstić information content (AvgIpc) is 2.65. The van der Waals surface area contributed by atoms with Crippen molar-refractivity contribution in [3.63, 3.8) is 0 Å². The lowest BCUT2D eigenvalue weighted by molar-refractivity contribution is 0.421. The van der Waals surface area contributed by atoms with Gasteiger partial charge in [0.15, 0.2) is 0 Å². The van der Waals surface area contributed by atoms with Gasteiger partial charge in [-0.15, -0.1) is 0 Å². The average molecular weight is 465 g/mol. The van der Waals surface area contributed by atoms with Gasteiger partial charge in [-0.3, -0.25) is 0 Å². The van der Waals surface area contributed by atoms with Crippen LogP contribution in [0.1, 0.15) is 63.5 Å². The molecule has 1 aliphatic rings. The number of unbranched alkanes of at least 4 members (excludes halogenated alkanes) is 2. The molecule has 0 saturated carbocycles. The van der Waals surface area contributed by atoms with Crippen LogP contribution in [-0.4, -0.2) is 0 Å². The highest BCUT2D eigenvalue weighted by atomic mass is 79.9. The Balaban J connectivity index is 2.52. The normalized spacial score (nSPS) is 16.6. The third-order valence-electron chi connectivity index (χ3n) is 4.26. The maximum atomic E-state index is 3.91. The van der Waals surface area contributed by atoms with Gasteiger partial charge in [0.05, 0.1) is 0 Å². The zero-order valence-electron chi connectivity index (χ0n) is 12.1. The minimum absolute atomic E-state index is 0.171. The van der Waals surface area contributed by atoms with Crippen molar-refractivity contribution < 1.29 is 0 Å². The van der Waals surface area contributed by atoms with Crippen LogP contribution in [0.2, 0.25) is 0 Å². The molecule has 0 spiro atoms. The molecule has 0 radical (unpaired) electrons. The van der Waals surface area contributed by atoms with E-state index < -0.39 is 0 Å². The lowest BCUT2D eigenvalue weighted by Crippen LogP contribution is -2.24. The smallest absolute Gasteiger partial charge is 0.0361 e. The maximum absolute atomic E-state index is 3.91. The first-order valence-electron chi connectivity index (χ1n) is 7.43. The molecule has 0 aliphatic heterocycles. The van der Waals surface area contributed by atoms with Gasteiger partial charge in [-0.2, -0.15) is 0 Å². The van der Waals surface area contributed by atoms with E-state index in [0.29, 0.717) is 0 Å². The van der Waals surface area contributed by atoms with Crippen molar-refractivity contribution in [2.75, 3.05) is 0 Å². The second-order valence-corrected chi connectivity index (χ2v) is 8.11. The lowest BCUT2D eigenvalue weighted by Gasteiger charge is -2.32. The van der Waals surface area contributed by atoms with E-state index in [1.165, 1.54) is 63.1 Å². The largest absolute Gasteiger partial charge is 0.0654 e. The van der Waals surface area contributed by atoms with E-state index in [1.54, 1.807) is 0 Å². The molecule has 0 bridgehead atoms. The van der Waals surface area contributed by atoms with Crippen LogP contribution in [0.5, 0.6) is 0 Å². The molecule has 0 nitrogen and oxygen atoms in total. The molecular weight excluding hydrogens is 444 g/mol. The van der Waals surface area contributed by atoms with Crippen LogP contribution in [0.15, 0.2) is 27.2 Å². The fraction of sp³-hybridized carbons (Fsp3) is 0.529. The van der Waals surface area contributed by atoms with Gasteiger partial charge in [0, 0.05) is 18.9 Å². The summed E-state index contributed by atoms with van der Waals surface area (Å²) < 4.78 is 3.77. The van der Waals surface area contributed by atoms with E-state index in [9.17, 15) is 0 Å². The molecule has 0 heterocycles. The second-order valence-electron chi connectivity index (χ2n) is 5.61. The molecule has 0 amide bonds. The second kappa shape index (κ2) is 7.11. The van der Waals surface area contributed by atoms with E-state index in [1.807, 2.05) is 0 Å². The van der Waals surface area contributed by atoms with Gasteiger partial charge in [-0.1, -0.05) is 77.5 Å². The Morgan fingerprint density at radius 2 is 1.55 bits per heavy atom. The third-order valence-corrected chi connectivity index (χ3v) is 7.27. The minimum Gasteiger partial charge on any atom is -0.0654 e. The Labute approximate surface area is 147 Å². The fourth-order valence-corrected chi connectivity index (χ4v) is 5.03. The number of hydrogen-bond acceptors (Lipinski definition) is 0. The summed E-state index contributed by atoms with van der Waals surface area (Å²) in [5.41, 5.74) is 3.00. The zero-order chi connectivity index (χ0) is 14.8. The number of rotatable bonds is 6. The van der Waals surface area contributed by atoms with Crippen molar-refractivity contribution in [1.29, 1.82) is 0 Å². The standard InChI is InChI=1S/C17H21Br3/c1-3-5-9-17(10-6-4-2)14-11-12(18)7-8-13(14)15(19)16(17)20/h7-8,11H,3-6,9-10H2,1-2H3. The van der Waals surface area contributed by atoms with Gasteiger partial charge in [0.1, 0.15) is 0 Å². The van der Waals surface area contributed by atoms with Crippen LogP contribution < -0.4 is 0 Å². The summed E-state index contributed by atoms with van der Waals surface area (Å²) in [4.78, 5) is 0. The molecule has 110 valence electrons. The minimum atomic E-state index is 0.171. The van der Waals surface area contributed by atoms with E-state index in [4.69, 9.17) is 0 Å². The monoisotopic (exact) mass is 462 g/mol. The summed E-state index contributed by atoms with van der Waals surface area (Å²) in [7, 11) is 0. The van der Waals surface area contributed by atoms with Crippen LogP contribution in [-0.2, 0) is 5.41 Å². The predicted octanol–water partition coefficient (Wildman–Crippen LogP) is 7.54. The summed E-state index contributed by atoms with van der Waals surface area (Å²) in [6.45, 7) is 4.55. The van der Waals surface area contributed by atoms with Gasteiger partial charge in [-0.05, 0) is 52.0 Å². The highest BCUT2D eigenvalue weighted by Crippen LogP contribution is 2.56. The molecule has 3 heteroatoms. The van der Waals surface area contributed by atoms with Gasteiger partial charge in [0.25, 0.3) is 0 Å². The van der Waals surface area contributed by atoms with Crippen molar-refractivity contribution in [1.82, 2.24) is 0 Å². The lowest BCUT2D eigenvalue weighted by atomic mass is 9.74. The maximum Gasteiger partial charge on any atom is 0.0361 e. The Morgan fingerprint density at radius 1 is 0.950 bits per heavy atom. The number of benzene rings is 1. The van der Waals surface area contributed by atoms with Crippen LogP contribution in [0.25, 0.3) is 4.48 Å². The first-order valence-corrected chi connectivity index (χ1v) is 9.81. The SMILES string of the molecule is CCCCC1(CCCC)C(Br)=C(Br)c2ccc(Br)cc21. The van der Waals surface area contributed by atoms with Crippen molar-refractivity contribution in [2.45, 2.75) is 57.8 Å². The summed E-state index contributed by atoms with van der Waals surface area (Å²) in [5.74, 6) is 0. The molecule has 2 rings (SSSR count). The Kier molecular flexibility index (Phi) is 5.96. The predicted molar refractivity (Wildman–Crippen MR) is 99.6 cm³/mol. The van der Waals surface area contributed by atoms with E-state index in [-0.39, 0.29) is 5.41 Å². The molecule has 0 fully saturated rings. The quantitative estimate of drug-likeness (QED) is 0.408. The van der Waals surface area contributed by atoms with Gasteiger partial charge >= 0.3 is 0 Å². The van der Waals surface area contributed by atoms with Crippen LogP contribution in [0.4, 0.5) is 0 Å². The number of halogens is 3. The molecule has 0 atom stereocenters. The Bertz CT molecular complexity index is 509. The van der Waals surface area contributed by atoms with E-state index in [2.05, 4.69) is 79.8 Å². The summed E-state index contributed by atoms with van der Waals surface area (Å²) in [5, 5.41) is 0. The fourth-order valence-electron chi connectivity index (χ4n) is 3.12. The van der Waals surface area contributed by atoms with Crippen molar-refractivity contribution in [3.8, 4) is 0 Å². The van der Waals surface area contributed by atoms with Crippen molar-refractivity contribution in [2.24, 2.45) is 0 Å². The van der Waals surface area contributed by atoms with Crippen LogP contribution in [0.3, 0.4) is 0 Å². The number of fused-ring (bicyclic) bond motifs is 1. The molecule has 0 unspecified atom stereocenters. The molecular formula is C17H21Br3. The highest BCUT2D eigenvalue weighted by molar-refractivity contribution is 9.16. The summed E-state index contributed by atoms with van der Waals surface area (Å²) in [6.07, 6.45) is 7.48. The van der Waals surface area contributed by atoms with Crippen molar-refractivity contribution >= 4 is 52.3 Å².